The number of amides is 1. The summed E-state index contributed by atoms with van der Waals surface area (Å²) in [5, 5.41) is 13.4. The van der Waals surface area contributed by atoms with E-state index in [0.29, 0.717) is 29.9 Å². The van der Waals surface area contributed by atoms with Crippen molar-refractivity contribution in [3.63, 3.8) is 0 Å². The Kier molecular flexibility index (Phi) is 7.39. The summed E-state index contributed by atoms with van der Waals surface area (Å²) in [7, 11) is -3.50. The molecule has 0 radical (unpaired) electrons. The van der Waals surface area contributed by atoms with Crippen LogP contribution >= 0.6 is 23.1 Å². The normalized spacial score (nSPS) is 18.7. The van der Waals surface area contributed by atoms with E-state index in [0.717, 1.165) is 54.4 Å². The molecule has 0 bridgehead atoms. The first-order valence-corrected chi connectivity index (χ1v) is 17.0. The summed E-state index contributed by atoms with van der Waals surface area (Å²) in [4.78, 5) is 20.1. The molecule has 1 aliphatic carbocycles. The second-order valence-electron chi connectivity index (χ2n) is 11.7. The quantitative estimate of drug-likeness (QED) is 0.296. The third-order valence-corrected chi connectivity index (χ3v) is 12.1. The number of piperidine rings is 1. The Morgan fingerprint density at radius 3 is 2.60 bits per heavy atom. The molecule has 1 fully saturated rings. The minimum absolute atomic E-state index is 0.141. The Hall–Kier alpha value is -2.54. The SMILES string of the molecule is CC(C)(C)C1CCc2c(sc3ncn4c(SCC(=O)Nc5ccc(S(=O)(=O)N6CCCCC6)cc5)nnc4c23)C1. The minimum Gasteiger partial charge on any atom is -0.325 e. The lowest BCUT2D eigenvalue weighted by Gasteiger charge is -2.33. The maximum absolute atomic E-state index is 12.9. The Bertz CT molecular complexity index is 1670. The summed E-state index contributed by atoms with van der Waals surface area (Å²) in [6.45, 7) is 8.08. The molecule has 6 rings (SSSR count). The number of aromatic nitrogens is 4. The largest absolute Gasteiger partial charge is 0.325 e. The van der Waals surface area contributed by atoms with E-state index in [1.165, 1.54) is 22.2 Å². The fourth-order valence-corrected chi connectivity index (χ4v) is 9.17. The van der Waals surface area contributed by atoms with Gasteiger partial charge in [0.25, 0.3) is 0 Å². The van der Waals surface area contributed by atoms with Crippen molar-refractivity contribution in [2.24, 2.45) is 11.3 Å². The van der Waals surface area contributed by atoms with Gasteiger partial charge in [-0.05, 0) is 73.3 Å². The highest BCUT2D eigenvalue weighted by molar-refractivity contribution is 7.99. The number of nitrogens with one attached hydrogen (secondary N) is 1. The van der Waals surface area contributed by atoms with Crippen LogP contribution in [0, 0.1) is 11.3 Å². The molecule has 4 heterocycles. The third kappa shape index (κ3) is 5.26. The topological polar surface area (TPSA) is 110 Å². The van der Waals surface area contributed by atoms with E-state index in [-0.39, 0.29) is 22.0 Å². The number of nitrogens with zero attached hydrogens (tertiary/aromatic N) is 5. The number of sulfonamides is 1. The molecule has 1 amide bonds. The van der Waals surface area contributed by atoms with Gasteiger partial charge in [0.2, 0.25) is 15.9 Å². The van der Waals surface area contributed by atoms with E-state index in [1.807, 2.05) is 4.40 Å². The van der Waals surface area contributed by atoms with Crippen molar-refractivity contribution in [2.75, 3.05) is 24.2 Å². The number of fused-ring (bicyclic) bond motifs is 5. The Morgan fingerprint density at radius 2 is 1.88 bits per heavy atom. The van der Waals surface area contributed by atoms with Crippen molar-refractivity contribution in [2.45, 2.75) is 69.3 Å². The van der Waals surface area contributed by atoms with E-state index in [2.05, 4.69) is 36.3 Å². The van der Waals surface area contributed by atoms with Crippen LogP contribution in [-0.4, -0.2) is 57.1 Å². The van der Waals surface area contributed by atoms with Gasteiger partial charge in [-0.2, -0.15) is 4.31 Å². The monoisotopic (exact) mass is 598 g/mol. The summed E-state index contributed by atoms with van der Waals surface area (Å²) in [6.07, 6.45) is 7.85. The number of rotatable bonds is 6. The first-order valence-electron chi connectivity index (χ1n) is 13.8. The van der Waals surface area contributed by atoms with Crippen LogP contribution in [0.4, 0.5) is 5.69 Å². The van der Waals surface area contributed by atoms with Crippen molar-refractivity contribution >= 4 is 60.6 Å². The maximum atomic E-state index is 12.9. The van der Waals surface area contributed by atoms with E-state index >= 15 is 0 Å². The van der Waals surface area contributed by atoms with Gasteiger partial charge < -0.3 is 5.32 Å². The molecule has 2 aliphatic rings. The van der Waals surface area contributed by atoms with Gasteiger partial charge in [-0.25, -0.2) is 13.4 Å². The van der Waals surface area contributed by atoms with Gasteiger partial charge in [-0.3, -0.25) is 9.20 Å². The number of anilines is 1. The first kappa shape index (κ1) is 27.6. The zero-order chi connectivity index (χ0) is 28.1. The zero-order valence-electron chi connectivity index (χ0n) is 23.0. The van der Waals surface area contributed by atoms with E-state index in [4.69, 9.17) is 4.98 Å². The molecule has 4 aromatic rings. The number of carbonyl (C=O) groups excluding carboxylic acids is 1. The van der Waals surface area contributed by atoms with Crippen LogP contribution in [-0.2, 0) is 27.7 Å². The number of hydrogen-bond acceptors (Lipinski definition) is 8. The number of aryl methyl sites for hydroxylation is 1. The lowest BCUT2D eigenvalue weighted by molar-refractivity contribution is -0.113. The minimum atomic E-state index is -3.50. The fourth-order valence-electron chi connectivity index (χ4n) is 5.68. The molecule has 212 valence electrons. The molecule has 0 spiro atoms. The van der Waals surface area contributed by atoms with Crippen LogP contribution in [0.1, 0.15) is 56.9 Å². The number of thiophene rings is 1. The van der Waals surface area contributed by atoms with Crippen LogP contribution in [0.2, 0.25) is 0 Å². The van der Waals surface area contributed by atoms with Crippen molar-refractivity contribution in [1.82, 2.24) is 23.9 Å². The van der Waals surface area contributed by atoms with Crippen LogP contribution in [0.5, 0.6) is 0 Å². The highest BCUT2D eigenvalue weighted by Crippen LogP contribution is 2.43. The maximum Gasteiger partial charge on any atom is 0.243 e. The number of hydrogen-bond donors (Lipinski definition) is 1. The number of carbonyl (C=O) groups is 1. The number of thioether (sulfide) groups is 1. The average molecular weight is 599 g/mol. The Morgan fingerprint density at radius 1 is 1.12 bits per heavy atom. The van der Waals surface area contributed by atoms with E-state index in [1.54, 1.807) is 46.2 Å². The molecule has 12 heteroatoms. The van der Waals surface area contributed by atoms with Crippen LogP contribution in [0.25, 0.3) is 15.9 Å². The van der Waals surface area contributed by atoms with Crippen LogP contribution in [0.3, 0.4) is 0 Å². The summed E-state index contributed by atoms with van der Waals surface area (Å²) < 4.78 is 29.2. The molecular weight excluding hydrogens is 565 g/mol. The lowest BCUT2D eigenvalue weighted by atomic mass is 9.72. The molecular formula is C28H34N6O3S3. The predicted octanol–water partition coefficient (Wildman–Crippen LogP) is 5.40. The van der Waals surface area contributed by atoms with Gasteiger partial charge in [0.05, 0.1) is 16.0 Å². The first-order chi connectivity index (χ1) is 19.1. The summed E-state index contributed by atoms with van der Waals surface area (Å²) in [6, 6.07) is 6.38. The van der Waals surface area contributed by atoms with Gasteiger partial charge in [-0.15, -0.1) is 21.5 Å². The summed E-state index contributed by atoms with van der Waals surface area (Å²) in [5.41, 5.74) is 2.98. The smallest absolute Gasteiger partial charge is 0.243 e. The van der Waals surface area contributed by atoms with Gasteiger partial charge in [0, 0.05) is 23.7 Å². The third-order valence-electron chi connectivity index (χ3n) is 8.07. The molecule has 9 nitrogen and oxygen atoms in total. The van der Waals surface area contributed by atoms with E-state index < -0.39 is 10.0 Å². The zero-order valence-corrected chi connectivity index (χ0v) is 25.5. The standard InChI is InChI=1S/C28H34N6O3S3/c1-28(2,3)18-7-12-21-22(15-18)39-26-24(21)25-31-32-27(34(25)17-29-26)38-16-23(35)30-19-8-10-20(11-9-19)40(36,37)33-13-5-4-6-14-33/h8-11,17-18H,4-7,12-16H2,1-3H3,(H,30,35). The average Bonchev–Trinajstić information content (AvgIpc) is 3.52. The molecule has 1 atom stereocenters. The van der Waals surface area contributed by atoms with Gasteiger partial charge in [0.1, 0.15) is 11.2 Å². The second-order valence-corrected chi connectivity index (χ2v) is 15.7. The predicted molar refractivity (Wildman–Crippen MR) is 160 cm³/mol. The van der Waals surface area contributed by atoms with Crippen molar-refractivity contribution in [1.29, 1.82) is 0 Å². The number of benzene rings is 1. The van der Waals surface area contributed by atoms with E-state index in [9.17, 15) is 13.2 Å². The summed E-state index contributed by atoms with van der Waals surface area (Å²) >= 11 is 3.07. The molecule has 0 saturated carbocycles. The molecule has 1 N–H and O–H groups in total. The van der Waals surface area contributed by atoms with Crippen molar-refractivity contribution in [3.8, 4) is 0 Å². The molecule has 1 saturated heterocycles. The van der Waals surface area contributed by atoms with Crippen molar-refractivity contribution < 1.29 is 13.2 Å². The molecule has 40 heavy (non-hydrogen) atoms. The highest BCUT2D eigenvalue weighted by atomic mass is 32.2. The molecule has 3 aromatic heterocycles. The fraction of sp³-hybridized carbons (Fsp3) is 0.500. The highest BCUT2D eigenvalue weighted by Gasteiger charge is 2.32. The summed E-state index contributed by atoms with van der Waals surface area (Å²) in [5.74, 6) is 0.590. The Balaban J connectivity index is 1.13. The van der Waals surface area contributed by atoms with Gasteiger partial charge >= 0.3 is 0 Å². The second kappa shape index (κ2) is 10.7. The molecule has 1 aromatic carbocycles. The van der Waals surface area contributed by atoms with Gasteiger partial charge in [0.15, 0.2) is 10.8 Å². The molecule has 1 aliphatic heterocycles. The van der Waals surface area contributed by atoms with Crippen molar-refractivity contribution in [3.05, 3.63) is 41.0 Å². The molecule has 1 unspecified atom stereocenters. The lowest BCUT2D eigenvalue weighted by Crippen LogP contribution is -2.35. The Labute approximate surface area is 242 Å². The van der Waals surface area contributed by atoms with Gasteiger partial charge in [-0.1, -0.05) is 39.0 Å². The van der Waals surface area contributed by atoms with Crippen LogP contribution < -0.4 is 5.32 Å². The van der Waals surface area contributed by atoms with Crippen LogP contribution in [0.15, 0.2) is 40.6 Å².